The number of halogens is 4. The highest BCUT2D eigenvalue weighted by atomic mass is 35.5. The van der Waals surface area contributed by atoms with Gasteiger partial charge in [-0.2, -0.15) is 13.2 Å². The number of hydrogen-bond donors (Lipinski definition) is 0. The molecule has 0 N–H and O–H groups in total. The summed E-state index contributed by atoms with van der Waals surface area (Å²) in [6.45, 7) is 4.22. The van der Waals surface area contributed by atoms with Gasteiger partial charge in [-0.25, -0.2) is 0 Å². The molecule has 0 amide bonds. The van der Waals surface area contributed by atoms with Gasteiger partial charge in [0.2, 0.25) is 0 Å². The first-order valence-electron chi connectivity index (χ1n) is 5.89. The topological polar surface area (TPSA) is 12.5 Å². The standard InChI is InChI=1S/C11H21ClF3NO/c1-3-10(4-2)16(6-5-12)7-8-17-9-11(13,14)15/h10H,3-9H2,1-2H3. The smallest absolute Gasteiger partial charge is 0.371 e. The van der Waals surface area contributed by atoms with Crippen LogP contribution in [0.2, 0.25) is 0 Å². The molecule has 2 nitrogen and oxygen atoms in total. The molecular weight excluding hydrogens is 255 g/mol. The maximum atomic E-state index is 11.9. The fraction of sp³-hybridized carbons (Fsp3) is 1.00. The van der Waals surface area contributed by atoms with Crippen LogP contribution in [0.4, 0.5) is 13.2 Å². The summed E-state index contributed by atoms with van der Waals surface area (Å²) in [5.74, 6) is 0.482. The van der Waals surface area contributed by atoms with Gasteiger partial charge < -0.3 is 4.74 Å². The van der Waals surface area contributed by atoms with Crippen molar-refractivity contribution >= 4 is 11.6 Å². The Kier molecular flexibility index (Phi) is 9.00. The lowest BCUT2D eigenvalue weighted by Crippen LogP contribution is -2.38. The molecule has 0 aliphatic carbocycles. The Morgan fingerprint density at radius 3 is 2.18 bits per heavy atom. The van der Waals surface area contributed by atoms with E-state index in [0.29, 0.717) is 25.0 Å². The number of alkyl halides is 4. The summed E-state index contributed by atoms with van der Waals surface area (Å²) in [7, 11) is 0. The van der Waals surface area contributed by atoms with Crippen molar-refractivity contribution in [3.8, 4) is 0 Å². The third-order valence-corrected chi connectivity index (χ3v) is 2.79. The van der Waals surface area contributed by atoms with E-state index in [1.807, 2.05) is 0 Å². The monoisotopic (exact) mass is 275 g/mol. The summed E-state index contributed by atoms with van der Waals surface area (Å²) < 4.78 is 40.2. The second kappa shape index (κ2) is 9.00. The van der Waals surface area contributed by atoms with Gasteiger partial charge in [0.1, 0.15) is 6.61 Å². The SMILES string of the molecule is CCC(CC)N(CCCl)CCOCC(F)(F)F. The lowest BCUT2D eigenvalue weighted by molar-refractivity contribution is -0.174. The van der Waals surface area contributed by atoms with Gasteiger partial charge >= 0.3 is 6.18 Å². The zero-order valence-electron chi connectivity index (χ0n) is 10.4. The summed E-state index contributed by atoms with van der Waals surface area (Å²) in [4.78, 5) is 2.09. The first-order chi connectivity index (χ1) is 7.94. The second-order valence-electron chi connectivity index (χ2n) is 3.86. The van der Waals surface area contributed by atoms with E-state index in [2.05, 4.69) is 23.5 Å². The van der Waals surface area contributed by atoms with Crippen molar-refractivity contribution in [2.45, 2.75) is 38.9 Å². The highest BCUT2D eigenvalue weighted by molar-refractivity contribution is 6.18. The highest BCUT2D eigenvalue weighted by Gasteiger charge is 2.27. The van der Waals surface area contributed by atoms with Crippen LogP contribution in [0.25, 0.3) is 0 Å². The van der Waals surface area contributed by atoms with Crippen LogP contribution in [-0.4, -0.2) is 49.3 Å². The molecule has 0 aromatic rings. The fourth-order valence-corrected chi connectivity index (χ4v) is 1.98. The first-order valence-corrected chi connectivity index (χ1v) is 6.42. The van der Waals surface area contributed by atoms with Crippen molar-refractivity contribution in [2.75, 3.05) is 32.2 Å². The molecule has 0 saturated heterocycles. The molecule has 0 aromatic carbocycles. The van der Waals surface area contributed by atoms with Crippen LogP contribution in [0.1, 0.15) is 26.7 Å². The largest absolute Gasteiger partial charge is 0.411 e. The van der Waals surface area contributed by atoms with E-state index in [4.69, 9.17) is 11.6 Å². The lowest BCUT2D eigenvalue weighted by atomic mass is 10.1. The molecule has 6 heteroatoms. The van der Waals surface area contributed by atoms with Gasteiger partial charge in [0.15, 0.2) is 0 Å². The van der Waals surface area contributed by atoms with Crippen LogP contribution in [0.5, 0.6) is 0 Å². The quantitative estimate of drug-likeness (QED) is 0.473. The van der Waals surface area contributed by atoms with Crippen molar-refractivity contribution in [2.24, 2.45) is 0 Å². The van der Waals surface area contributed by atoms with Gasteiger partial charge in [0.05, 0.1) is 6.61 Å². The van der Waals surface area contributed by atoms with Gasteiger partial charge in [-0.15, -0.1) is 11.6 Å². The van der Waals surface area contributed by atoms with Crippen molar-refractivity contribution in [1.82, 2.24) is 4.90 Å². The predicted octanol–water partition coefficient (Wildman–Crippen LogP) is 3.29. The summed E-state index contributed by atoms with van der Waals surface area (Å²) >= 11 is 5.68. The number of ether oxygens (including phenoxy) is 1. The maximum Gasteiger partial charge on any atom is 0.411 e. The average molecular weight is 276 g/mol. The molecule has 0 rings (SSSR count). The molecule has 0 aliphatic heterocycles. The van der Waals surface area contributed by atoms with Gasteiger partial charge in [-0.05, 0) is 12.8 Å². The van der Waals surface area contributed by atoms with Crippen LogP contribution in [-0.2, 0) is 4.74 Å². The minimum absolute atomic E-state index is 0.0902. The Labute approximate surface area is 106 Å². The molecule has 0 aromatic heterocycles. The Morgan fingerprint density at radius 2 is 1.76 bits per heavy atom. The van der Waals surface area contributed by atoms with Gasteiger partial charge in [-0.1, -0.05) is 13.8 Å². The molecule has 0 fully saturated rings. The van der Waals surface area contributed by atoms with E-state index in [1.54, 1.807) is 0 Å². The molecule has 0 atom stereocenters. The molecule has 0 radical (unpaired) electrons. The van der Waals surface area contributed by atoms with Gasteiger partial charge in [0.25, 0.3) is 0 Å². The zero-order valence-corrected chi connectivity index (χ0v) is 11.2. The van der Waals surface area contributed by atoms with Crippen LogP contribution in [0.3, 0.4) is 0 Å². The zero-order chi connectivity index (χ0) is 13.3. The third kappa shape index (κ3) is 8.69. The van der Waals surface area contributed by atoms with Crippen LogP contribution in [0, 0.1) is 0 Å². The molecule has 0 saturated carbocycles. The Bertz CT molecular complexity index is 186. The minimum atomic E-state index is -4.24. The molecule has 104 valence electrons. The predicted molar refractivity (Wildman–Crippen MR) is 63.5 cm³/mol. The molecular formula is C11H21ClF3NO. The average Bonchev–Trinajstić information content (AvgIpc) is 2.24. The maximum absolute atomic E-state index is 11.9. The normalized spacial score (nSPS) is 12.7. The Hall–Kier alpha value is -0.0000000000000000555. The molecule has 0 bridgehead atoms. The van der Waals surface area contributed by atoms with E-state index in [0.717, 1.165) is 12.8 Å². The summed E-state index contributed by atoms with van der Waals surface area (Å²) in [5.41, 5.74) is 0. The van der Waals surface area contributed by atoms with E-state index in [1.165, 1.54) is 0 Å². The number of nitrogens with zero attached hydrogens (tertiary/aromatic N) is 1. The van der Waals surface area contributed by atoms with Crippen molar-refractivity contribution in [3.63, 3.8) is 0 Å². The third-order valence-electron chi connectivity index (χ3n) is 2.62. The fourth-order valence-electron chi connectivity index (χ4n) is 1.76. The number of hydrogen-bond acceptors (Lipinski definition) is 2. The lowest BCUT2D eigenvalue weighted by Gasteiger charge is -2.29. The van der Waals surface area contributed by atoms with Crippen LogP contribution >= 0.6 is 11.6 Å². The van der Waals surface area contributed by atoms with Crippen LogP contribution < -0.4 is 0 Å². The summed E-state index contributed by atoms with van der Waals surface area (Å²) in [6, 6.07) is 0.364. The van der Waals surface area contributed by atoms with Crippen LogP contribution in [0.15, 0.2) is 0 Å². The van der Waals surface area contributed by atoms with E-state index < -0.39 is 12.8 Å². The second-order valence-corrected chi connectivity index (χ2v) is 4.24. The highest BCUT2D eigenvalue weighted by Crippen LogP contribution is 2.14. The Morgan fingerprint density at radius 1 is 1.18 bits per heavy atom. The van der Waals surface area contributed by atoms with Crippen molar-refractivity contribution in [1.29, 1.82) is 0 Å². The van der Waals surface area contributed by atoms with Gasteiger partial charge in [0, 0.05) is 25.0 Å². The first kappa shape index (κ1) is 17.0. The van der Waals surface area contributed by atoms with E-state index >= 15 is 0 Å². The molecule has 0 aliphatic rings. The van der Waals surface area contributed by atoms with Gasteiger partial charge in [-0.3, -0.25) is 4.90 Å². The summed E-state index contributed by atoms with van der Waals surface area (Å²) in [5, 5.41) is 0. The van der Waals surface area contributed by atoms with Crippen molar-refractivity contribution in [3.05, 3.63) is 0 Å². The Balaban J connectivity index is 3.92. The number of rotatable bonds is 9. The summed E-state index contributed by atoms with van der Waals surface area (Å²) in [6.07, 6.45) is -2.31. The molecule has 0 spiro atoms. The van der Waals surface area contributed by atoms with E-state index in [-0.39, 0.29) is 6.61 Å². The van der Waals surface area contributed by atoms with Crippen molar-refractivity contribution < 1.29 is 17.9 Å². The molecule has 17 heavy (non-hydrogen) atoms. The van der Waals surface area contributed by atoms with E-state index in [9.17, 15) is 13.2 Å². The molecule has 0 heterocycles. The minimum Gasteiger partial charge on any atom is -0.371 e. The molecule has 0 unspecified atom stereocenters.